The fourth-order valence-electron chi connectivity index (χ4n) is 2.07. The van der Waals surface area contributed by atoms with Gasteiger partial charge in [0.25, 0.3) is 0 Å². The maximum Gasteiger partial charge on any atom is 0.165 e. The summed E-state index contributed by atoms with van der Waals surface area (Å²) in [4.78, 5) is 11.6. The summed E-state index contributed by atoms with van der Waals surface area (Å²) in [5.74, 6) is 1.45. The molecule has 0 fully saturated rings. The summed E-state index contributed by atoms with van der Waals surface area (Å²) in [5.41, 5.74) is 7.42. The molecule has 1 aliphatic carbocycles. The van der Waals surface area contributed by atoms with Crippen LogP contribution < -0.4 is 15.2 Å². The van der Waals surface area contributed by atoms with E-state index in [0.29, 0.717) is 36.7 Å². The number of halogens is 1. The monoisotopic (exact) mass is 241 g/mol. The second kappa shape index (κ2) is 3.96. The first-order chi connectivity index (χ1) is 7.25. The molecule has 0 aromatic heterocycles. The molecule has 0 saturated heterocycles. The number of fused-ring (bicyclic) bond motifs is 2. The molecule has 5 heteroatoms. The number of nitrogens with two attached hydrogens (primary N) is 1. The van der Waals surface area contributed by atoms with Gasteiger partial charge in [-0.05, 0) is 17.7 Å². The number of carbonyl (C=O) groups excluding carboxylic acids is 1. The maximum atomic E-state index is 11.6. The van der Waals surface area contributed by atoms with Crippen LogP contribution in [0.1, 0.15) is 28.4 Å². The molecule has 86 valence electrons. The lowest BCUT2D eigenvalue weighted by atomic mass is 10.1. The van der Waals surface area contributed by atoms with E-state index in [0.717, 1.165) is 5.56 Å². The van der Waals surface area contributed by atoms with Crippen LogP contribution in [-0.2, 0) is 0 Å². The number of rotatable bonds is 0. The van der Waals surface area contributed by atoms with Crippen molar-refractivity contribution < 1.29 is 14.3 Å². The number of hydrogen-bond acceptors (Lipinski definition) is 4. The Kier molecular flexibility index (Phi) is 2.78. The van der Waals surface area contributed by atoms with Gasteiger partial charge in [-0.3, -0.25) is 4.79 Å². The van der Waals surface area contributed by atoms with Gasteiger partial charge in [-0.15, -0.1) is 12.4 Å². The van der Waals surface area contributed by atoms with Crippen molar-refractivity contribution in [1.29, 1.82) is 0 Å². The van der Waals surface area contributed by atoms with Crippen molar-refractivity contribution in [2.45, 2.75) is 12.5 Å². The van der Waals surface area contributed by atoms with Crippen LogP contribution in [0.5, 0.6) is 11.5 Å². The summed E-state index contributed by atoms with van der Waals surface area (Å²) in [6.45, 7) is 1.08. The van der Waals surface area contributed by atoms with Gasteiger partial charge in [0.1, 0.15) is 13.2 Å². The Morgan fingerprint density at radius 1 is 1.19 bits per heavy atom. The Morgan fingerprint density at radius 3 is 2.50 bits per heavy atom. The minimum absolute atomic E-state index is 0. The minimum atomic E-state index is -0.191. The first-order valence-electron chi connectivity index (χ1n) is 4.98. The van der Waals surface area contributed by atoms with Gasteiger partial charge in [0.2, 0.25) is 0 Å². The number of ether oxygens (including phenoxy) is 2. The van der Waals surface area contributed by atoms with Gasteiger partial charge < -0.3 is 15.2 Å². The Bertz CT molecular complexity index is 447. The standard InChI is InChI=1S/C11H11NO3.ClH/c12-8-5-9(13)7-4-11-10(3-6(7)8)14-1-2-15-11;/h3-4,8H,1-2,5,12H2;1H. The molecule has 2 aliphatic rings. The van der Waals surface area contributed by atoms with Gasteiger partial charge in [-0.25, -0.2) is 0 Å². The lowest BCUT2D eigenvalue weighted by Crippen LogP contribution is -2.16. The van der Waals surface area contributed by atoms with E-state index in [1.807, 2.05) is 6.07 Å². The molecule has 4 nitrogen and oxygen atoms in total. The maximum absolute atomic E-state index is 11.6. The third-order valence-corrected chi connectivity index (χ3v) is 2.82. The average Bonchev–Trinajstić information content (AvgIpc) is 2.52. The van der Waals surface area contributed by atoms with E-state index in [9.17, 15) is 4.79 Å². The molecule has 1 aromatic carbocycles. The smallest absolute Gasteiger partial charge is 0.165 e. The fourth-order valence-corrected chi connectivity index (χ4v) is 2.07. The van der Waals surface area contributed by atoms with E-state index in [-0.39, 0.29) is 24.2 Å². The Morgan fingerprint density at radius 2 is 1.81 bits per heavy atom. The second-order valence-electron chi connectivity index (χ2n) is 3.82. The molecule has 16 heavy (non-hydrogen) atoms. The summed E-state index contributed by atoms with van der Waals surface area (Å²) in [6.07, 6.45) is 0.387. The van der Waals surface area contributed by atoms with Crippen LogP contribution in [-0.4, -0.2) is 19.0 Å². The van der Waals surface area contributed by atoms with Gasteiger partial charge >= 0.3 is 0 Å². The second-order valence-corrected chi connectivity index (χ2v) is 3.82. The van der Waals surface area contributed by atoms with E-state index in [1.54, 1.807) is 6.07 Å². The van der Waals surface area contributed by atoms with Crippen LogP contribution in [0.4, 0.5) is 0 Å². The largest absolute Gasteiger partial charge is 0.486 e. The predicted octanol–water partition coefficient (Wildman–Crippen LogP) is 1.47. The molecule has 1 aromatic rings. The van der Waals surface area contributed by atoms with Gasteiger partial charge in [0.05, 0.1) is 0 Å². The SMILES string of the molecule is Cl.NC1CC(=O)c2cc3c(cc21)OCCO3. The highest BCUT2D eigenvalue weighted by Gasteiger charge is 2.29. The zero-order chi connectivity index (χ0) is 10.4. The molecule has 0 spiro atoms. The summed E-state index contributed by atoms with van der Waals surface area (Å²) in [5, 5.41) is 0. The van der Waals surface area contributed by atoms with Crippen LogP contribution in [0, 0.1) is 0 Å². The van der Waals surface area contributed by atoms with Crippen molar-refractivity contribution in [3.8, 4) is 11.5 Å². The van der Waals surface area contributed by atoms with E-state index in [2.05, 4.69) is 0 Å². The molecule has 0 radical (unpaired) electrons. The van der Waals surface area contributed by atoms with Crippen molar-refractivity contribution in [2.75, 3.05) is 13.2 Å². The molecule has 0 bridgehead atoms. The summed E-state index contributed by atoms with van der Waals surface area (Å²) in [6, 6.07) is 3.39. The molecule has 1 heterocycles. The van der Waals surface area contributed by atoms with Gasteiger partial charge in [-0.2, -0.15) is 0 Å². The third kappa shape index (κ3) is 1.54. The number of benzene rings is 1. The Labute approximate surface area is 99.1 Å². The highest BCUT2D eigenvalue weighted by atomic mass is 35.5. The minimum Gasteiger partial charge on any atom is -0.486 e. The first kappa shape index (κ1) is 11.2. The van der Waals surface area contributed by atoms with Gasteiger partial charge in [0, 0.05) is 18.0 Å². The van der Waals surface area contributed by atoms with Crippen molar-refractivity contribution in [3.63, 3.8) is 0 Å². The topological polar surface area (TPSA) is 61.6 Å². The molecule has 2 N–H and O–H groups in total. The molecule has 1 atom stereocenters. The fraction of sp³-hybridized carbons (Fsp3) is 0.364. The van der Waals surface area contributed by atoms with Crippen molar-refractivity contribution >= 4 is 18.2 Å². The number of Topliss-reactive ketones (excluding diaryl/α,β-unsaturated/α-hetero) is 1. The number of hydrogen-bond donors (Lipinski definition) is 1. The van der Waals surface area contributed by atoms with Crippen LogP contribution in [0.25, 0.3) is 0 Å². The molecular weight excluding hydrogens is 230 g/mol. The summed E-state index contributed by atoms with van der Waals surface area (Å²) >= 11 is 0. The Hall–Kier alpha value is -1.26. The molecule has 0 amide bonds. The molecule has 3 rings (SSSR count). The first-order valence-corrected chi connectivity index (χ1v) is 4.98. The van der Waals surface area contributed by atoms with E-state index < -0.39 is 0 Å². The van der Waals surface area contributed by atoms with Crippen LogP contribution >= 0.6 is 12.4 Å². The van der Waals surface area contributed by atoms with Gasteiger partial charge in [-0.1, -0.05) is 0 Å². The molecule has 1 unspecified atom stereocenters. The lowest BCUT2D eigenvalue weighted by molar-refractivity contribution is 0.0988. The van der Waals surface area contributed by atoms with Gasteiger partial charge in [0.15, 0.2) is 17.3 Å². The average molecular weight is 242 g/mol. The third-order valence-electron chi connectivity index (χ3n) is 2.82. The molecular formula is C11H12ClNO3. The predicted molar refractivity (Wildman–Crippen MR) is 60.6 cm³/mol. The lowest BCUT2D eigenvalue weighted by Gasteiger charge is -2.19. The van der Waals surface area contributed by atoms with Crippen LogP contribution in [0.2, 0.25) is 0 Å². The Balaban J connectivity index is 0.000000963. The van der Waals surface area contributed by atoms with Crippen molar-refractivity contribution in [1.82, 2.24) is 0 Å². The van der Waals surface area contributed by atoms with E-state index in [1.165, 1.54) is 0 Å². The number of carbonyl (C=O) groups is 1. The summed E-state index contributed by atoms with van der Waals surface area (Å²) in [7, 11) is 0. The van der Waals surface area contributed by atoms with Crippen molar-refractivity contribution in [2.24, 2.45) is 5.73 Å². The molecule has 0 saturated carbocycles. The highest BCUT2D eigenvalue weighted by molar-refractivity contribution is 6.01. The van der Waals surface area contributed by atoms with Crippen LogP contribution in [0.15, 0.2) is 12.1 Å². The summed E-state index contributed by atoms with van der Waals surface area (Å²) < 4.78 is 10.9. The van der Waals surface area contributed by atoms with Crippen molar-refractivity contribution in [3.05, 3.63) is 23.3 Å². The molecule has 1 aliphatic heterocycles. The number of ketones is 1. The quantitative estimate of drug-likeness (QED) is 0.747. The van der Waals surface area contributed by atoms with E-state index >= 15 is 0 Å². The normalized spacial score (nSPS) is 21.3. The van der Waals surface area contributed by atoms with Crippen LogP contribution in [0.3, 0.4) is 0 Å². The van der Waals surface area contributed by atoms with E-state index in [4.69, 9.17) is 15.2 Å². The highest BCUT2D eigenvalue weighted by Crippen LogP contribution is 2.39. The zero-order valence-electron chi connectivity index (χ0n) is 8.56. The zero-order valence-corrected chi connectivity index (χ0v) is 9.38.